The van der Waals surface area contributed by atoms with E-state index in [9.17, 15) is 4.79 Å². The molecule has 1 rings (SSSR count). The molecule has 90 valence electrons. The minimum Gasteiger partial charge on any atom is -0.444 e. The Hall–Kier alpha value is -1.24. The van der Waals surface area contributed by atoms with Crippen LogP contribution in [0.3, 0.4) is 0 Å². The van der Waals surface area contributed by atoms with Crippen LogP contribution in [0.1, 0.15) is 46.5 Å². The van der Waals surface area contributed by atoms with Gasteiger partial charge < -0.3 is 10.1 Å². The predicted molar refractivity (Wildman–Crippen MR) is 60.7 cm³/mol. The second-order valence-electron chi connectivity index (χ2n) is 5.34. The average Bonchev–Trinajstić information content (AvgIpc) is 2.15. The second-order valence-corrected chi connectivity index (χ2v) is 5.34. The highest BCUT2D eigenvalue weighted by Gasteiger charge is 2.25. The highest BCUT2D eigenvalue weighted by atomic mass is 16.6. The summed E-state index contributed by atoms with van der Waals surface area (Å²) in [6, 6.07) is 2.35. The molecule has 1 fully saturated rings. The number of nitrogens with zero attached hydrogens (tertiary/aromatic N) is 1. The lowest BCUT2D eigenvalue weighted by molar-refractivity contribution is 0.0489. The number of rotatable bonds is 1. The summed E-state index contributed by atoms with van der Waals surface area (Å²) in [5.74, 6) is 0.0775. The summed E-state index contributed by atoms with van der Waals surface area (Å²) < 4.78 is 5.18. The molecule has 0 aromatic rings. The van der Waals surface area contributed by atoms with Crippen LogP contribution in [0.25, 0.3) is 0 Å². The smallest absolute Gasteiger partial charge is 0.407 e. The first kappa shape index (κ1) is 12.8. The lowest BCUT2D eigenvalue weighted by atomic mass is 9.87. The van der Waals surface area contributed by atoms with Crippen molar-refractivity contribution in [2.24, 2.45) is 5.92 Å². The van der Waals surface area contributed by atoms with Gasteiger partial charge in [-0.15, -0.1) is 0 Å². The van der Waals surface area contributed by atoms with Crippen molar-refractivity contribution in [3.8, 4) is 6.07 Å². The monoisotopic (exact) mass is 224 g/mol. The third-order valence-electron chi connectivity index (χ3n) is 2.58. The molecule has 1 aliphatic rings. The van der Waals surface area contributed by atoms with E-state index in [1.807, 2.05) is 20.8 Å². The number of alkyl carbamates (subject to hydrolysis) is 1. The van der Waals surface area contributed by atoms with Crippen LogP contribution in [0.4, 0.5) is 4.79 Å². The molecule has 1 amide bonds. The van der Waals surface area contributed by atoms with Crippen LogP contribution in [0.5, 0.6) is 0 Å². The number of amides is 1. The zero-order valence-electron chi connectivity index (χ0n) is 10.2. The van der Waals surface area contributed by atoms with Crippen LogP contribution < -0.4 is 5.32 Å². The molecule has 0 radical (unpaired) electrons. The minimum atomic E-state index is -0.465. The summed E-state index contributed by atoms with van der Waals surface area (Å²) in [6.07, 6.45) is 3.26. The van der Waals surface area contributed by atoms with E-state index >= 15 is 0 Å². The van der Waals surface area contributed by atoms with Crippen molar-refractivity contribution >= 4 is 6.09 Å². The molecule has 2 atom stereocenters. The van der Waals surface area contributed by atoms with E-state index in [2.05, 4.69) is 11.4 Å². The Kier molecular flexibility index (Phi) is 4.17. The molecule has 0 bridgehead atoms. The van der Waals surface area contributed by atoms with Crippen molar-refractivity contribution in [1.82, 2.24) is 5.32 Å². The maximum atomic E-state index is 11.5. The summed E-state index contributed by atoms with van der Waals surface area (Å²) in [7, 11) is 0. The van der Waals surface area contributed by atoms with Crippen molar-refractivity contribution in [2.75, 3.05) is 0 Å². The molecule has 1 saturated carbocycles. The van der Waals surface area contributed by atoms with Gasteiger partial charge in [-0.05, 0) is 40.0 Å². The Bertz CT molecular complexity index is 288. The Morgan fingerprint density at radius 3 is 2.69 bits per heavy atom. The summed E-state index contributed by atoms with van der Waals surface area (Å²) in [5, 5.41) is 11.7. The van der Waals surface area contributed by atoms with Gasteiger partial charge in [-0.1, -0.05) is 6.42 Å². The molecule has 0 unspecified atom stereocenters. The van der Waals surface area contributed by atoms with Gasteiger partial charge in [-0.2, -0.15) is 5.26 Å². The molecule has 0 aromatic heterocycles. The van der Waals surface area contributed by atoms with Gasteiger partial charge in [0, 0.05) is 12.0 Å². The Balaban J connectivity index is 2.37. The van der Waals surface area contributed by atoms with Crippen molar-refractivity contribution in [3.05, 3.63) is 0 Å². The molecule has 1 N–H and O–H groups in total. The maximum absolute atomic E-state index is 11.5. The largest absolute Gasteiger partial charge is 0.444 e. The van der Waals surface area contributed by atoms with E-state index in [0.717, 1.165) is 25.7 Å². The highest BCUT2D eigenvalue weighted by molar-refractivity contribution is 5.68. The highest BCUT2D eigenvalue weighted by Crippen LogP contribution is 2.23. The van der Waals surface area contributed by atoms with Crippen LogP contribution in [0.2, 0.25) is 0 Å². The van der Waals surface area contributed by atoms with Gasteiger partial charge in [0.25, 0.3) is 0 Å². The molecular formula is C12H20N2O2. The molecule has 0 saturated heterocycles. The van der Waals surface area contributed by atoms with Crippen LogP contribution in [0.15, 0.2) is 0 Å². The number of hydrogen-bond donors (Lipinski definition) is 1. The molecule has 16 heavy (non-hydrogen) atoms. The summed E-state index contributed by atoms with van der Waals surface area (Å²) in [5.41, 5.74) is -0.465. The fourth-order valence-corrected chi connectivity index (χ4v) is 1.91. The first-order valence-corrected chi connectivity index (χ1v) is 5.80. The quantitative estimate of drug-likeness (QED) is 0.744. The normalized spacial score (nSPS) is 25.6. The van der Waals surface area contributed by atoms with Crippen LogP contribution in [0, 0.1) is 17.2 Å². The van der Waals surface area contributed by atoms with Gasteiger partial charge in [0.05, 0.1) is 6.07 Å². The number of carbonyl (C=O) groups excluding carboxylic acids is 1. The molecule has 0 aromatic carbocycles. The summed E-state index contributed by atoms with van der Waals surface area (Å²) >= 11 is 0. The number of hydrogen-bond acceptors (Lipinski definition) is 3. The topological polar surface area (TPSA) is 62.1 Å². The average molecular weight is 224 g/mol. The van der Waals surface area contributed by atoms with Crippen molar-refractivity contribution in [2.45, 2.75) is 58.1 Å². The van der Waals surface area contributed by atoms with E-state index in [4.69, 9.17) is 10.00 Å². The van der Waals surface area contributed by atoms with Gasteiger partial charge in [-0.25, -0.2) is 4.79 Å². The molecular weight excluding hydrogens is 204 g/mol. The standard InChI is InChI=1S/C12H20N2O2/c1-12(2,3)16-11(15)14-10-6-4-5-9(7-10)8-13/h9-10H,4-7H2,1-3H3,(H,14,15)/t9-,10+/m1/s1. The van der Waals surface area contributed by atoms with Crippen LogP contribution in [-0.4, -0.2) is 17.7 Å². The van der Waals surface area contributed by atoms with Gasteiger partial charge in [-0.3, -0.25) is 0 Å². The van der Waals surface area contributed by atoms with Crippen molar-refractivity contribution in [3.63, 3.8) is 0 Å². The molecule has 1 aliphatic carbocycles. The minimum absolute atomic E-state index is 0.0775. The number of nitrogens with one attached hydrogen (secondary N) is 1. The number of ether oxygens (including phenoxy) is 1. The first-order valence-electron chi connectivity index (χ1n) is 5.80. The number of carbonyl (C=O) groups is 1. The van der Waals surface area contributed by atoms with E-state index in [1.165, 1.54) is 0 Å². The number of nitriles is 1. The van der Waals surface area contributed by atoms with Gasteiger partial charge >= 0.3 is 6.09 Å². The van der Waals surface area contributed by atoms with Gasteiger partial charge in [0.1, 0.15) is 5.60 Å². The molecule has 4 heteroatoms. The van der Waals surface area contributed by atoms with E-state index in [0.29, 0.717) is 0 Å². The lowest BCUT2D eigenvalue weighted by Gasteiger charge is -2.27. The predicted octanol–water partition coefficient (Wildman–Crippen LogP) is 2.59. The second kappa shape index (κ2) is 5.20. The van der Waals surface area contributed by atoms with E-state index in [-0.39, 0.29) is 18.1 Å². The van der Waals surface area contributed by atoms with E-state index in [1.54, 1.807) is 0 Å². The van der Waals surface area contributed by atoms with E-state index < -0.39 is 5.60 Å². The van der Waals surface area contributed by atoms with Crippen LogP contribution >= 0.6 is 0 Å². The summed E-state index contributed by atoms with van der Waals surface area (Å²) in [6.45, 7) is 5.52. The molecule has 0 heterocycles. The first-order chi connectivity index (χ1) is 7.40. The Labute approximate surface area is 97.0 Å². The lowest BCUT2D eigenvalue weighted by Crippen LogP contribution is -2.41. The van der Waals surface area contributed by atoms with Gasteiger partial charge in [0.2, 0.25) is 0 Å². The molecule has 4 nitrogen and oxygen atoms in total. The Morgan fingerprint density at radius 2 is 2.12 bits per heavy atom. The van der Waals surface area contributed by atoms with Gasteiger partial charge in [0.15, 0.2) is 0 Å². The SMILES string of the molecule is CC(C)(C)OC(=O)N[C@H]1CCC[C@@H](C#N)C1. The zero-order chi connectivity index (χ0) is 12.2. The summed E-state index contributed by atoms with van der Waals surface area (Å²) in [4.78, 5) is 11.5. The Morgan fingerprint density at radius 1 is 1.44 bits per heavy atom. The molecule has 0 spiro atoms. The maximum Gasteiger partial charge on any atom is 0.407 e. The zero-order valence-corrected chi connectivity index (χ0v) is 10.2. The fourth-order valence-electron chi connectivity index (χ4n) is 1.91. The van der Waals surface area contributed by atoms with Crippen LogP contribution in [-0.2, 0) is 4.74 Å². The third-order valence-corrected chi connectivity index (χ3v) is 2.58. The molecule has 0 aliphatic heterocycles. The van der Waals surface area contributed by atoms with Crippen molar-refractivity contribution in [1.29, 1.82) is 5.26 Å². The third kappa shape index (κ3) is 4.52. The fraction of sp³-hybridized carbons (Fsp3) is 0.833. The van der Waals surface area contributed by atoms with Crippen molar-refractivity contribution < 1.29 is 9.53 Å².